The largest absolute Gasteiger partial charge is 0.343 e. The molecule has 1 N–H and O–H groups in total. The first kappa shape index (κ1) is 13.7. The van der Waals surface area contributed by atoms with Crippen LogP contribution in [0.2, 0.25) is 0 Å². The van der Waals surface area contributed by atoms with Gasteiger partial charge in [-0.15, -0.1) is 12.4 Å². The second kappa shape index (κ2) is 7.07. The van der Waals surface area contributed by atoms with Crippen molar-refractivity contribution in [3.63, 3.8) is 0 Å². The normalized spacial score (nSPS) is 17.7. The van der Waals surface area contributed by atoms with Gasteiger partial charge in [0, 0.05) is 25.6 Å². The minimum Gasteiger partial charge on any atom is -0.343 e. The molecule has 0 aromatic carbocycles. The van der Waals surface area contributed by atoms with Gasteiger partial charge in [0.2, 0.25) is 5.91 Å². The molecule has 1 fully saturated rings. The molecule has 0 aromatic heterocycles. The SMILES string of the molecule is CCCC(=O)N1CCC(NC)CC1.Cl. The van der Waals surface area contributed by atoms with E-state index in [4.69, 9.17) is 0 Å². The van der Waals surface area contributed by atoms with E-state index < -0.39 is 0 Å². The summed E-state index contributed by atoms with van der Waals surface area (Å²) in [5, 5.41) is 3.26. The van der Waals surface area contributed by atoms with Crippen LogP contribution in [0, 0.1) is 0 Å². The van der Waals surface area contributed by atoms with Gasteiger partial charge in [0.25, 0.3) is 0 Å². The van der Waals surface area contributed by atoms with Gasteiger partial charge in [-0.25, -0.2) is 0 Å². The molecule has 0 atom stereocenters. The molecule has 1 saturated heterocycles. The monoisotopic (exact) mass is 220 g/mol. The molecule has 0 aromatic rings. The maximum absolute atomic E-state index is 11.5. The first-order valence-corrected chi connectivity index (χ1v) is 5.23. The van der Waals surface area contributed by atoms with E-state index in [-0.39, 0.29) is 12.4 Å². The molecule has 84 valence electrons. The van der Waals surface area contributed by atoms with Crippen molar-refractivity contribution in [2.24, 2.45) is 0 Å². The third-order valence-corrected chi connectivity index (χ3v) is 2.72. The summed E-state index contributed by atoms with van der Waals surface area (Å²) in [6.07, 6.45) is 3.88. The van der Waals surface area contributed by atoms with Crippen LogP contribution in [0.3, 0.4) is 0 Å². The summed E-state index contributed by atoms with van der Waals surface area (Å²) >= 11 is 0. The molecule has 1 aliphatic rings. The van der Waals surface area contributed by atoms with Crippen molar-refractivity contribution in [2.75, 3.05) is 20.1 Å². The maximum Gasteiger partial charge on any atom is 0.222 e. The quantitative estimate of drug-likeness (QED) is 0.781. The fourth-order valence-electron chi connectivity index (χ4n) is 1.79. The van der Waals surface area contributed by atoms with Gasteiger partial charge >= 0.3 is 0 Å². The van der Waals surface area contributed by atoms with Crippen molar-refractivity contribution < 1.29 is 4.79 Å². The molecule has 1 heterocycles. The fraction of sp³-hybridized carbons (Fsp3) is 0.900. The zero-order valence-corrected chi connectivity index (χ0v) is 9.90. The lowest BCUT2D eigenvalue weighted by Crippen LogP contribution is -2.43. The van der Waals surface area contributed by atoms with E-state index in [1.165, 1.54) is 0 Å². The molecule has 0 radical (unpaired) electrons. The standard InChI is InChI=1S/C10H20N2O.ClH/c1-3-4-10(13)12-7-5-9(11-2)6-8-12;/h9,11H,3-8H2,1-2H3;1H. The number of nitrogens with one attached hydrogen (secondary N) is 1. The van der Waals surface area contributed by atoms with Crippen LogP contribution in [0.5, 0.6) is 0 Å². The molecule has 0 spiro atoms. The Bertz CT molecular complexity index is 168. The minimum absolute atomic E-state index is 0. The second-order valence-electron chi connectivity index (χ2n) is 3.69. The molecule has 14 heavy (non-hydrogen) atoms. The number of rotatable bonds is 3. The lowest BCUT2D eigenvalue weighted by molar-refractivity contribution is -0.132. The van der Waals surface area contributed by atoms with E-state index >= 15 is 0 Å². The van der Waals surface area contributed by atoms with Crippen molar-refractivity contribution in [3.8, 4) is 0 Å². The highest BCUT2D eigenvalue weighted by Crippen LogP contribution is 2.11. The van der Waals surface area contributed by atoms with E-state index in [0.29, 0.717) is 18.4 Å². The van der Waals surface area contributed by atoms with Gasteiger partial charge in [0.05, 0.1) is 0 Å². The minimum atomic E-state index is 0. The van der Waals surface area contributed by atoms with Crippen LogP contribution >= 0.6 is 12.4 Å². The highest BCUT2D eigenvalue weighted by molar-refractivity contribution is 5.85. The maximum atomic E-state index is 11.5. The van der Waals surface area contributed by atoms with Gasteiger partial charge in [-0.05, 0) is 26.3 Å². The zero-order chi connectivity index (χ0) is 9.68. The van der Waals surface area contributed by atoms with E-state index in [1.807, 2.05) is 11.9 Å². The number of nitrogens with zero attached hydrogens (tertiary/aromatic N) is 1. The number of hydrogen-bond acceptors (Lipinski definition) is 2. The van der Waals surface area contributed by atoms with Crippen LogP contribution in [0.1, 0.15) is 32.6 Å². The Kier molecular flexibility index (Phi) is 6.93. The Hall–Kier alpha value is -0.280. The molecule has 1 amide bonds. The van der Waals surface area contributed by atoms with Gasteiger partial charge in [-0.1, -0.05) is 6.92 Å². The van der Waals surface area contributed by atoms with Crippen LogP contribution in [0.4, 0.5) is 0 Å². The molecule has 1 rings (SSSR count). The molecule has 3 nitrogen and oxygen atoms in total. The fourth-order valence-corrected chi connectivity index (χ4v) is 1.79. The first-order chi connectivity index (χ1) is 6.27. The number of likely N-dealkylation sites (tertiary alicyclic amines) is 1. The number of piperidine rings is 1. The summed E-state index contributed by atoms with van der Waals surface area (Å²) in [5.74, 6) is 0.331. The summed E-state index contributed by atoms with van der Waals surface area (Å²) in [7, 11) is 1.99. The second-order valence-corrected chi connectivity index (χ2v) is 3.69. The van der Waals surface area contributed by atoms with Gasteiger partial charge in [-0.3, -0.25) is 4.79 Å². The number of carbonyl (C=O) groups is 1. The zero-order valence-electron chi connectivity index (χ0n) is 9.08. The molecule has 4 heteroatoms. The van der Waals surface area contributed by atoms with Crippen LogP contribution in [0.25, 0.3) is 0 Å². The van der Waals surface area contributed by atoms with E-state index in [2.05, 4.69) is 12.2 Å². The Morgan fingerprint density at radius 1 is 1.43 bits per heavy atom. The highest BCUT2D eigenvalue weighted by Gasteiger charge is 2.20. The molecule has 0 unspecified atom stereocenters. The number of amides is 1. The van der Waals surface area contributed by atoms with Gasteiger partial charge < -0.3 is 10.2 Å². The molecule has 0 bridgehead atoms. The Morgan fingerprint density at radius 3 is 2.43 bits per heavy atom. The van der Waals surface area contributed by atoms with Crippen LogP contribution in [0.15, 0.2) is 0 Å². The molecular weight excluding hydrogens is 200 g/mol. The van der Waals surface area contributed by atoms with Crippen LogP contribution < -0.4 is 5.32 Å². The number of halogens is 1. The summed E-state index contributed by atoms with van der Waals surface area (Å²) in [4.78, 5) is 13.5. The van der Waals surface area contributed by atoms with Crippen molar-refractivity contribution >= 4 is 18.3 Å². The van der Waals surface area contributed by atoms with E-state index in [9.17, 15) is 4.79 Å². The van der Waals surface area contributed by atoms with Gasteiger partial charge in [-0.2, -0.15) is 0 Å². The number of carbonyl (C=O) groups excluding carboxylic acids is 1. The molecular formula is C10H21ClN2O. The third-order valence-electron chi connectivity index (χ3n) is 2.72. The van der Waals surface area contributed by atoms with Gasteiger partial charge in [0.1, 0.15) is 0 Å². The smallest absolute Gasteiger partial charge is 0.222 e. The number of hydrogen-bond donors (Lipinski definition) is 1. The predicted octanol–water partition coefficient (Wildman–Crippen LogP) is 1.42. The third kappa shape index (κ3) is 3.84. The molecule has 0 saturated carbocycles. The first-order valence-electron chi connectivity index (χ1n) is 5.23. The topological polar surface area (TPSA) is 32.3 Å². The Balaban J connectivity index is 0.00000169. The average Bonchev–Trinajstić information content (AvgIpc) is 2.18. The highest BCUT2D eigenvalue weighted by atomic mass is 35.5. The Morgan fingerprint density at radius 2 is 2.00 bits per heavy atom. The van der Waals surface area contributed by atoms with E-state index in [0.717, 1.165) is 32.4 Å². The van der Waals surface area contributed by atoms with Crippen molar-refractivity contribution in [2.45, 2.75) is 38.6 Å². The van der Waals surface area contributed by atoms with Crippen LogP contribution in [-0.4, -0.2) is 37.0 Å². The molecule has 1 aliphatic heterocycles. The Labute approximate surface area is 92.6 Å². The van der Waals surface area contributed by atoms with Gasteiger partial charge in [0.15, 0.2) is 0 Å². The predicted molar refractivity (Wildman–Crippen MR) is 60.8 cm³/mol. The lowest BCUT2D eigenvalue weighted by atomic mass is 10.0. The van der Waals surface area contributed by atoms with Crippen molar-refractivity contribution in [1.29, 1.82) is 0 Å². The summed E-state index contributed by atoms with van der Waals surface area (Å²) < 4.78 is 0. The van der Waals surface area contributed by atoms with E-state index in [1.54, 1.807) is 0 Å². The van der Waals surface area contributed by atoms with Crippen LogP contribution in [-0.2, 0) is 4.79 Å². The lowest BCUT2D eigenvalue weighted by Gasteiger charge is -2.31. The average molecular weight is 221 g/mol. The van der Waals surface area contributed by atoms with Crippen molar-refractivity contribution in [3.05, 3.63) is 0 Å². The summed E-state index contributed by atoms with van der Waals surface area (Å²) in [5.41, 5.74) is 0. The summed E-state index contributed by atoms with van der Waals surface area (Å²) in [6.45, 7) is 3.92. The van der Waals surface area contributed by atoms with Crippen molar-refractivity contribution in [1.82, 2.24) is 10.2 Å². The summed E-state index contributed by atoms with van der Waals surface area (Å²) in [6, 6.07) is 0.616. The molecule has 0 aliphatic carbocycles.